The lowest BCUT2D eigenvalue weighted by atomic mass is 9.81. The lowest BCUT2D eigenvalue weighted by Crippen LogP contribution is -2.27. The fraction of sp³-hybridized carbons (Fsp3) is 0.528. The first-order valence-corrected chi connectivity index (χ1v) is 16.0. The second-order valence-electron chi connectivity index (χ2n) is 13.1. The Kier molecular flexibility index (Phi) is 9.95. The number of unbranched alkanes of at least 4 members (excludes halogenated alkanes) is 2. The molecule has 0 saturated heterocycles. The molecule has 2 aliphatic rings. The van der Waals surface area contributed by atoms with Gasteiger partial charge in [-0.05, 0) is 107 Å². The van der Waals surface area contributed by atoms with Crippen molar-refractivity contribution in [2.24, 2.45) is 0 Å². The number of nitrogens with zero attached hydrogens (tertiary/aromatic N) is 1. The van der Waals surface area contributed by atoms with Crippen molar-refractivity contribution >= 4 is 22.9 Å². The van der Waals surface area contributed by atoms with Crippen LogP contribution in [-0.4, -0.2) is 48.4 Å². The zero-order valence-electron chi connectivity index (χ0n) is 26.6. The van der Waals surface area contributed by atoms with Crippen LogP contribution in [0.1, 0.15) is 101 Å². The number of hydrogen-bond acceptors (Lipinski definition) is 5. The summed E-state index contributed by atoms with van der Waals surface area (Å²) < 4.78 is 13.9. The third-order valence-electron chi connectivity index (χ3n) is 8.74. The van der Waals surface area contributed by atoms with Gasteiger partial charge in [0.05, 0.1) is 24.9 Å². The fourth-order valence-electron chi connectivity index (χ4n) is 6.67. The SMILES string of the molecule is CNCCCCCNC(=O)C1=Cc2cc(OC)ccc2-c2c(C3CCCCC3)c3ccc(C(O)OC(C)(C)C)cc3n2C1. The average Bonchev–Trinajstić information content (AvgIpc) is 3.20. The van der Waals surface area contributed by atoms with E-state index in [2.05, 4.69) is 33.4 Å². The van der Waals surface area contributed by atoms with Gasteiger partial charge in [0.2, 0.25) is 5.91 Å². The third kappa shape index (κ3) is 7.17. The molecule has 2 heterocycles. The van der Waals surface area contributed by atoms with Gasteiger partial charge < -0.3 is 29.8 Å². The minimum atomic E-state index is -1.04. The lowest BCUT2D eigenvalue weighted by molar-refractivity contribution is -0.169. The molecule has 1 aliphatic heterocycles. The van der Waals surface area contributed by atoms with E-state index in [0.29, 0.717) is 30.1 Å². The van der Waals surface area contributed by atoms with Crippen molar-refractivity contribution in [3.63, 3.8) is 0 Å². The highest BCUT2D eigenvalue weighted by atomic mass is 16.6. The van der Waals surface area contributed by atoms with Crippen LogP contribution in [0, 0.1) is 0 Å². The Morgan fingerprint density at radius 1 is 1.05 bits per heavy atom. The van der Waals surface area contributed by atoms with E-state index in [0.717, 1.165) is 61.0 Å². The van der Waals surface area contributed by atoms with Crippen LogP contribution in [0.5, 0.6) is 5.75 Å². The second-order valence-corrected chi connectivity index (χ2v) is 13.1. The monoisotopic (exact) mass is 587 g/mol. The van der Waals surface area contributed by atoms with Crippen LogP contribution in [0.25, 0.3) is 28.2 Å². The first-order chi connectivity index (χ1) is 20.7. The molecule has 2 aromatic carbocycles. The molecule has 1 amide bonds. The van der Waals surface area contributed by atoms with Crippen molar-refractivity contribution in [3.05, 3.63) is 58.7 Å². The summed E-state index contributed by atoms with van der Waals surface area (Å²) in [4.78, 5) is 13.7. The lowest BCUT2D eigenvalue weighted by Gasteiger charge is -2.24. The number of methoxy groups -OCH3 is 1. The Labute approximate surface area is 256 Å². The molecule has 1 aromatic heterocycles. The molecule has 1 saturated carbocycles. The molecule has 7 heteroatoms. The van der Waals surface area contributed by atoms with Gasteiger partial charge in [0.1, 0.15) is 5.75 Å². The van der Waals surface area contributed by atoms with Crippen LogP contribution in [0.4, 0.5) is 0 Å². The Balaban J connectivity index is 1.62. The maximum Gasteiger partial charge on any atom is 0.249 e. The van der Waals surface area contributed by atoms with E-state index in [9.17, 15) is 9.90 Å². The summed E-state index contributed by atoms with van der Waals surface area (Å²) >= 11 is 0. The maximum absolute atomic E-state index is 13.7. The number of aliphatic hydroxyl groups excluding tert-OH is 1. The summed E-state index contributed by atoms with van der Waals surface area (Å²) in [6, 6.07) is 12.4. The van der Waals surface area contributed by atoms with Gasteiger partial charge in [0.15, 0.2) is 6.29 Å². The number of aromatic nitrogens is 1. The van der Waals surface area contributed by atoms with Crippen molar-refractivity contribution < 1.29 is 19.4 Å². The number of fused-ring (bicyclic) bond motifs is 5. The predicted molar refractivity (Wildman–Crippen MR) is 174 cm³/mol. The largest absolute Gasteiger partial charge is 0.497 e. The highest BCUT2D eigenvalue weighted by Crippen LogP contribution is 2.47. The zero-order chi connectivity index (χ0) is 30.6. The first kappa shape index (κ1) is 31.3. The van der Waals surface area contributed by atoms with Crippen LogP contribution in [-0.2, 0) is 16.1 Å². The van der Waals surface area contributed by atoms with Gasteiger partial charge in [-0.25, -0.2) is 0 Å². The number of nitrogens with one attached hydrogen (secondary N) is 2. The zero-order valence-corrected chi connectivity index (χ0v) is 26.6. The van der Waals surface area contributed by atoms with E-state index in [1.165, 1.54) is 35.9 Å². The molecule has 3 N–H and O–H groups in total. The van der Waals surface area contributed by atoms with Crippen LogP contribution in [0.2, 0.25) is 0 Å². The minimum absolute atomic E-state index is 0.0384. The third-order valence-corrected chi connectivity index (χ3v) is 8.74. The molecule has 43 heavy (non-hydrogen) atoms. The summed E-state index contributed by atoms with van der Waals surface area (Å²) in [5.41, 5.74) is 6.61. The topological polar surface area (TPSA) is 84.8 Å². The average molecular weight is 588 g/mol. The molecule has 7 nitrogen and oxygen atoms in total. The van der Waals surface area contributed by atoms with Crippen molar-refractivity contribution in [3.8, 4) is 17.0 Å². The second kappa shape index (κ2) is 13.7. The fourth-order valence-corrected chi connectivity index (χ4v) is 6.67. The van der Waals surface area contributed by atoms with Crippen molar-refractivity contribution in [2.45, 2.75) is 96.5 Å². The van der Waals surface area contributed by atoms with Gasteiger partial charge in [-0.15, -0.1) is 0 Å². The van der Waals surface area contributed by atoms with Gasteiger partial charge in [0, 0.05) is 34.1 Å². The summed E-state index contributed by atoms with van der Waals surface area (Å²) in [6.07, 6.45) is 10.1. The predicted octanol–water partition coefficient (Wildman–Crippen LogP) is 7.07. The first-order valence-electron chi connectivity index (χ1n) is 16.0. The summed E-state index contributed by atoms with van der Waals surface area (Å²) in [6.45, 7) is 7.92. The molecular weight excluding hydrogens is 538 g/mol. The smallest absolute Gasteiger partial charge is 0.249 e. The summed E-state index contributed by atoms with van der Waals surface area (Å²) in [7, 11) is 3.65. The van der Waals surface area contributed by atoms with Crippen molar-refractivity contribution in [1.29, 1.82) is 0 Å². The van der Waals surface area contributed by atoms with Gasteiger partial charge >= 0.3 is 0 Å². The van der Waals surface area contributed by atoms with E-state index in [4.69, 9.17) is 9.47 Å². The molecule has 5 rings (SSSR count). The summed E-state index contributed by atoms with van der Waals surface area (Å²) in [5, 5.41) is 18.6. The van der Waals surface area contributed by atoms with E-state index >= 15 is 0 Å². The van der Waals surface area contributed by atoms with Crippen LogP contribution < -0.4 is 15.4 Å². The Morgan fingerprint density at radius 2 is 1.81 bits per heavy atom. The molecule has 0 radical (unpaired) electrons. The van der Waals surface area contributed by atoms with Crippen molar-refractivity contribution in [1.82, 2.24) is 15.2 Å². The Bertz CT molecular complexity index is 1460. The van der Waals surface area contributed by atoms with Gasteiger partial charge in [0.25, 0.3) is 0 Å². The molecule has 1 atom stereocenters. The minimum Gasteiger partial charge on any atom is -0.497 e. The number of rotatable bonds is 11. The van der Waals surface area contributed by atoms with E-state index in [-0.39, 0.29) is 5.91 Å². The number of hydrogen-bond donors (Lipinski definition) is 3. The van der Waals surface area contributed by atoms with Crippen molar-refractivity contribution in [2.75, 3.05) is 27.2 Å². The number of carbonyl (C=O) groups excluding carboxylic acids is 1. The van der Waals surface area contributed by atoms with Gasteiger partial charge in [-0.3, -0.25) is 4.79 Å². The molecule has 0 bridgehead atoms. The quantitative estimate of drug-likeness (QED) is 0.165. The molecule has 0 spiro atoms. The molecular formula is C36H49N3O4. The standard InChI is InChI=1S/C36H49N3O4/c1-36(2,3)43-35(41)25-14-16-30-31(22-25)39-23-27(34(40)38-19-11-7-10-18-37-4)20-26-21-28(42-5)15-17-29(26)33(39)32(30)24-12-8-6-9-13-24/h14-17,20-22,24,35,37,41H,6-13,18-19,23H2,1-5H3,(H,38,40). The number of benzene rings is 2. The molecule has 232 valence electrons. The Hall–Kier alpha value is -3.13. The number of ether oxygens (including phenoxy) is 2. The van der Waals surface area contributed by atoms with Crippen LogP contribution in [0.3, 0.4) is 0 Å². The normalized spacial score (nSPS) is 16.3. The van der Waals surface area contributed by atoms with E-state index in [1.54, 1.807) is 7.11 Å². The van der Waals surface area contributed by atoms with E-state index < -0.39 is 11.9 Å². The van der Waals surface area contributed by atoms with Crippen LogP contribution in [0.15, 0.2) is 42.0 Å². The highest BCUT2D eigenvalue weighted by Gasteiger charge is 2.31. The van der Waals surface area contributed by atoms with Gasteiger partial charge in [-0.1, -0.05) is 37.8 Å². The highest BCUT2D eigenvalue weighted by molar-refractivity contribution is 6.02. The number of carbonyl (C=O) groups is 1. The van der Waals surface area contributed by atoms with E-state index in [1.807, 2.05) is 52.1 Å². The summed E-state index contributed by atoms with van der Waals surface area (Å²) in [5.74, 6) is 1.17. The molecule has 1 fully saturated rings. The molecule has 1 aliphatic carbocycles. The Morgan fingerprint density at radius 3 is 2.53 bits per heavy atom. The maximum atomic E-state index is 13.7. The molecule has 3 aromatic rings. The van der Waals surface area contributed by atoms with Crippen LogP contribution >= 0.6 is 0 Å². The number of aliphatic hydroxyl groups is 1. The van der Waals surface area contributed by atoms with Gasteiger partial charge in [-0.2, -0.15) is 0 Å². The molecule has 1 unspecified atom stereocenters. The number of amides is 1.